The lowest BCUT2D eigenvalue weighted by Crippen LogP contribution is -2.36. The molecule has 1 aliphatic carbocycles. The molecule has 1 fully saturated rings. The van der Waals surface area contributed by atoms with Gasteiger partial charge >= 0.3 is 0 Å². The zero-order valence-corrected chi connectivity index (χ0v) is 8.59. The van der Waals surface area contributed by atoms with E-state index in [1.807, 2.05) is 0 Å². The Morgan fingerprint density at radius 2 is 2.23 bits per heavy atom. The Balaban J connectivity index is 2.11. The largest absolute Gasteiger partial charge is 0.316 e. The summed E-state index contributed by atoms with van der Waals surface area (Å²) in [5, 5.41) is 3.46. The summed E-state index contributed by atoms with van der Waals surface area (Å²) < 4.78 is 0. The lowest BCUT2D eigenvalue weighted by atomic mass is 9.79. The van der Waals surface area contributed by atoms with Gasteiger partial charge in [0.05, 0.1) is 0 Å². The first kappa shape index (κ1) is 9.01. The molecule has 1 heterocycles. The number of rotatable bonds is 1. The normalized spacial score (nSPS) is 33.0. The molecule has 1 aliphatic heterocycles. The van der Waals surface area contributed by atoms with E-state index >= 15 is 0 Å². The lowest BCUT2D eigenvalue weighted by molar-refractivity contribution is 0.350. The number of hydrogen-bond donors (Lipinski definition) is 1. The van der Waals surface area contributed by atoms with Crippen molar-refractivity contribution in [3.8, 4) is 0 Å². The number of hydrogen-bond acceptors (Lipinski definition) is 1. The maximum absolute atomic E-state index is 3.46. The van der Waals surface area contributed by atoms with E-state index in [1.165, 1.54) is 25.1 Å². The second-order valence-electron chi connectivity index (χ2n) is 4.50. The van der Waals surface area contributed by atoms with E-state index in [-0.39, 0.29) is 0 Å². The first-order valence-electron chi connectivity index (χ1n) is 5.38. The van der Waals surface area contributed by atoms with Crippen molar-refractivity contribution in [1.29, 1.82) is 0 Å². The minimum atomic E-state index is 0.680. The number of piperidine rings is 1. The Kier molecular flexibility index (Phi) is 2.54. The summed E-state index contributed by atoms with van der Waals surface area (Å²) in [4.78, 5) is 0. The number of fused-ring (bicyclic) bond motifs is 1. The summed E-state index contributed by atoms with van der Waals surface area (Å²) in [6, 6.07) is 0. The van der Waals surface area contributed by atoms with Crippen LogP contribution < -0.4 is 5.32 Å². The SMILES string of the molecule is CC(C)C1=CC2CNCC[C@H]2C=C1. The molecule has 0 aromatic heterocycles. The highest BCUT2D eigenvalue weighted by Gasteiger charge is 2.23. The maximum Gasteiger partial charge on any atom is 0.00201 e. The van der Waals surface area contributed by atoms with Crippen LogP contribution in [0.1, 0.15) is 20.3 Å². The van der Waals surface area contributed by atoms with Gasteiger partial charge in [0, 0.05) is 6.54 Å². The van der Waals surface area contributed by atoms with Crippen LogP contribution in [-0.4, -0.2) is 13.1 Å². The van der Waals surface area contributed by atoms with Crippen LogP contribution in [0.3, 0.4) is 0 Å². The summed E-state index contributed by atoms with van der Waals surface area (Å²) in [7, 11) is 0. The van der Waals surface area contributed by atoms with Gasteiger partial charge in [0.2, 0.25) is 0 Å². The minimum absolute atomic E-state index is 0.680. The van der Waals surface area contributed by atoms with Gasteiger partial charge in [0.25, 0.3) is 0 Å². The molecule has 0 amide bonds. The Morgan fingerprint density at radius 3 is 3.00 bits per heavy atom. The van der Waals surface area contributed by atoms with Gasteiger partial charge in [-0.05, 0) is 36.3 Å². The van der Waals surface area contributed by atoms with Crippen LogP contribution in [0.2, 0.25) is 0 Å². The average molecular weight is 177 g/mol. The van der Waals surface area contributed by atoms with E-state index in [0.29, 0.717) is 5.92 Å². The van der Waals surface area contributed by atoms with Crippen molar-refractivity contribution in [3.05, 3.63) is 23.8 Å². The molecule has 2 aliphatic rings. The zero-order chi connectivity index (χ0) is 9.26. The molecule has 2 atom stereocenters. The quantitative estimate of drug-likeness (QED) is 0.648. The topological polar surface area (TPSA) is 12.0 Å². The molecule has 0 aromatic carbocycles. The fourth-order valence-corrected chi connectivity index (χ4v) is 2.25. The van der Waals surface area contributed by atoms with E-state index in [2.05, 4.69) is 37.4 Å². The number of nitrogens with one attached hydrogen (secondary N) is 1. The van der Waals surface area contributed by atoms with Crippen molar-refractivity contribution in [2.75, 3.05) is 13.1 Å². The van der Waals surface area contributed by atoms with Crippen LogP contribution in [0.25, 0.3) is 0 Å². The molecule has 1 N–H and O–H groups in total. The Hall–Kier alpha value is -0.560. The Labute approximate surface area is 80.9 Å². The van der Waals surface area contributed by atoms with Gasteiger partial charge in [-0.3, -0.25) is 0 Å². The van der Waals surface area contributed by atoms with Crippen LogP contribution in [0.15, 0.2) is 23.8 Å². The molecule has 13 heavy (non-hydrogen) atoms. The van der Waals surface area contributed by atoms with Crippen LogP contribution in [0.5, 0.6) is 0 Å². The molecule has 2 rings (SSSR count). The van der Waals surface area contributed by atoms with Crippen LogP contribution in [0, 0.1) is 17.8 Å². The molecule has 1 unspecified atom stereocenters. The van der Waals surface area contributed by atoms with Crippen molar-refractivity contribution < 1.29 is 0 Å². The molecule has 0 radical (unpaired) electrons. The summed E-state index contributed by atoms with van der Waals surface area (Å²) in [5.74, 6) is 2.25. The molecule has 0 spiro atoms. The molecule has 1 saturated heterocycles. The Morgan fingerprint density at radius 1 is 1.38 bits per heavy atom. The smallest absolute Gasteiger partial charge is 0.00201 e. The highest BCUT2D eigenvalue weighted by atomic mass is 14.9. The monoisotopic (exact) mass is 177 g/mol. The molecule has 1 nitrogen and oxygen atoms in total. The van der Waals surface area contributed by atoms with Gasteiger partial charge in [-0.25, -0.2) is 0 Å². The van der Waals surface area contributed by atoms with E-state index in [9.17, 15) is 0 Å². The van der Waals surface area contributed by atoms with Crippen LogP contribution >= 0.6 is 0 Å². The van der Waals surface area contributed by atoms with Crippen molar-refractivity contribution in [2.45, 2.75) is 20.3 Å². The van der Waals surface area contributed by atoms with E-state index in [1.54, 1.807) is 0 Å². The molecule has 0 saturated carbocycles. The van der Waals surface area contributed by atoms with E-state index < -0.39 is 0 Å². The van der Waals surface area contributed by atoms with E-state index in [0.717, 1.165) is 11.8 Å². The first-order chi connectivity index (χ1) is 6.27. The second-order valence-corrected chi connectivity index (χ2v) is 4.50. The standard InChI is InChI=1S/C12H19N/c1-9(2)11-4-3-10-5-6-13-8-12(10)7-11/h3-4,7,9-10,12-13H,5-6,8H2,1-2H3/t10-,12?/m1/s1. The van der Waals surface area contributed by atoms with Crippen molar-refractivity contribution >= 4 is 0 Å². The highest BCUT2D eigenvalue weighted by Crippen LogP contribution is 2.29. The molecule has 0 bridgehead atoms. The van der Waals surface area contributed by atoms with Gasteiger partial charge in [0.15, 0.2) is 0 Å². The highest BCUT2D eigenvalue weighted by molar-refractivity contribution is 5.27. The van der Waals surface area contributed by atoms with Gasteiger partial charge in [0.1, 0.15) is 0 Å². The average Bonchev–Trinajstić information content (AvgIpc) is 2.17. The molecular formula is C12H19N. The second kappa shape index (κ2) is 3.67. The molecule has 0 aromatic rings. The minimum Gasteiger partial charge on any atom is -0.316 e. The predicted molar refractivity (Wildman–Crippen MR) is 56.5 cm³/mol. The van der Waals surface area contributed by atoms with E-state index in [4.69, 9.17) is 0 Å². The Bertz CT molecular complexity index is 238. The third-order valence-electron chi connectivity index (χ3n) is 3.19. The van der Waals surface area contributed by atoms with Crippen molar-refractivity contribution in [3.63, 3.8) is 0 Å². The number of allylic oxidation sites excluding steroid dienone is 3. The zero-order valence-electron chi connectivity index (χ0n) is 8.59. The van der Waals surface area contributed by atoms with Gasteiger partial charge in [-0.15, -0.1) is 0 Å². The van der Waals surface area contributed by atoms with Gasteiger partial charge in [-0.2, -0.15) is 0 Å². The lowest BCUT2D eigenvalue weighted by Gasteiger charge is -2.31. The summed E-state index contributed by atoms with van der Waals surface area (Å²) in [6.07, 6.45) is 8.53. The molecule has 1 heteroatoms. The third-order valence-corrected chi connectivity index (χ3v) is 3.19. The molecular weight excluding hydrogens is 158 g/mol. The third kappa shape index (κ3) is 1.86. The summed E-state index contributed by atoms with van der Waals surface area (Å²) >= 11 is 0. The first-order valence-corrected chi connectivity index (χ1v) is 5.38. The van der Waals surface area contributed by atoms with Gasteiger partial charge in [-0.1, -0.05) is 32.1 Å². The van der Waals surface area contributed by atoms with Crippen molar-refractivity contribution in [1.82, 2.24) is 5.32 Å². The maximum atomic E-state index is 3.46. The van der Waals surface area contributed by atoms with Crippen LogP contribution in [-0.2, 0) is 0 Å². The summed E-state index contributed by atoms with van der Waals surface area (Å²) in [5.41, 5.74) is 1.52. The van der Waals surface area contributed by atoms with Gasteiger partial charge < -0.3 is 5.32 Å². The summed E-state index contributed by atoms with van der Waals surface area (Å²) in [6.45, 7) is 6.90. The fraction of sp³-hybridized carbons (Fsp3) is 0.667. The fourth-order valence-electron chi connectivity index (χ4n) is 2.25. The molecule has 72 valence electrons. The van der Waals surface area contributed by atoms with Crippen molar-refractivity contribution in [2.24, 2.45) is 17.8 Å². The predicted octanol–water partition coefficient (Wildman–Crippen LogP) is 2.36. The van der Waals surface area contributed by atoms with Crippen LogP contribution in [0.4, 0.5) is 0 Å².